The highest BCUT2D eigenvalue weighted by molar-refractivity contribution is 6.13. The Labute approximate surface area is 134 Å². The number of carbonyl (C=O) groups excluding carboxylic acids is 2. The average molecular weight is 310 g/mol. The molecule has 0 fully saturated rings. The Morgan fingerprint density at radius 1 is 1.22 bits per heavy atom. The van der Waals surface area contributed by atoms with Crippen molar-refractivity contribution in [2.24, 2.45) is 5.92 Å². The van der Waals surface area contributed by atoms with Crippen LogP contribution in [0.1, 0.15) is 16.8 Å². The number of hydrogen-bond donors (Lipinski definition) is 1. The van der Waals surface area contributed by atoms with E-state index in [2.05, 4.69) is 5.32 Å². The number of Topliss-reactive ketones (excluding diaryl/α,β-unsaturated/α-hetero) is 1. The molecular weight excluding hydrogens is 292 g/mol. The topological polar surface area (TPSA) is 79.2 Å². The molecule has 2 rings (SSSR count). The van der Waals surface area contributed by atoms with Crippen molar-refractivity contribution < 1.29 is 14.3 Å². The molecule has 0 aliphatic heterocycles. The molecule has 0 aromatic heterocycles. The maximum atomic E-state index is 12.4. The fourth-order valence-electron chi connectivity index (χ4n) is 2.28. The van der Waals surface area contributed by atoms with Crippen LogP contribution in [0.25, 0.3) is 10.8 Å². The van der Waals surface area contributed by atoms with Gasteiger partial charge in [-0.1, -0.05) is 36.4 Å². The smallest absolute Gasteiger partial charge is 0.245 e. The summed E-state index contributed by atoms with van der Waals surface area (Å²) in [6.45, 7) is 0.881. The third-order valence-electron chi connectivity index (χ3n) is 3.51. The predicted molar refractivity (Wildman–Crippen MR) is 86.9 cm³/mol. The van der Waals surface area contributed by atoms with Crippen LogP contribution in [0.15, 0.2) is 42.5 Å². The molecule has 5 heteroatoms. The summed E-state index contributed by atoms with van der Waals surface area (Å²) in [6, 6.07) is 14.6. The number of nitriles is 1. The number of methoxy groups -OCH3 is 1. The van der Waals surface area contributed by atoms with Gasteiger partial charge in [0.25, 0.3) is 0 Å². The number of benzene rings is 2. The highest BCUT2D eigenvalue weighted by Crippen LogP contribution is 2.18. The van der Waals surface area contributed by atoms with Gasteiger partial charge in [-0.3, -0.25) is 9.59 Å². The molecule has 5 nitrogen and oxygen atoms in total. The van der Waals surface area contributed by atoms with Gasteiger partial charge in [0.15, 0.2) is 11.7 Å². The van der Waals surface area contributed by atoms with Gasteiger partial charge in [-0.05, 0) is 23.3 Å². The van der Waals surface area contributed by atoms with Crippen molar-refractivity contribution in [3.63, 3.8) is 0 Å². The molecule has 0 aliphatic rings. The van der Waals surface area contributed by atoms with Crippen LogP contribution in [0, 0.1) is 17.2 Å². The summed E-state index contributed by atoms with van der Waals surface area (Å²) in [4.78, 5) is 24.5. The number of ketones is 1. The largest absolute Gasteiger partial charge is 0.385 e. The SMILES string of the molecule is COCCCNC(=O)C(C#N)C(=O)c1ccc2ccccc2c1. The minimum atomic E-state index is -1.33. The zero-order chi connectivity index (χ0) is 16.7. The quantitative estimate of drug-likeness (QED) is 0.483. The summed E-state index contributed by atoms with van der Waals surface area (Å²) in [5, 5.41) is 13.7. The molecule has 118 valence electrons. The lowest BCUT2D eigenvalue weighted by molar-refractivity contribution is -0.122. The minimum absolute atomic E-state index is 0.363. The van der Waals surface area contributed by atoms with Gasteiger partial charge >= 0.3 is 0 Å². The molecule has 1 unspecified atom stereocenters. The van der Waals surface area contributed by atoms with Crippen LogP contribution in [0.3, 0.4) is 0 Å². The molecule has 0 bridgehead atoms. The maximum absolute atomic E-state index is 12.4. The Morgan fingerprint density at radius 3 is 2.65 bits per heavy atom. The molecule has 0 heterocycles. The molecule has 1 atom stereocenters. The highest BCUT2D eigenvalue weighted by Gasteiger charge is 2.27. The normalized spacial score (nSPS) is 11.7. The van der Waals surface area contributed by atoms with E-state index in [1.165, 1.54) is 0 Å². The summed E-state index contributed by atoms with van der Waals surface area (Å²) in [6.07, 6.45) is 0.630. The number of carbonyl (C=O) groups is 2. The van der Waals surface area contributed by atoms with Crippen molar-refractivity contribution in [1.82, 2.24) is 5.32 Å². The average Bonchev–Trinajstić information content (AvgIpc) is 2.59. The van der Waals surface area contributed by atoms with Crippen LogP contribution in [-0.2, 0) is 9.53 Å². The molecule has 0 saturated heterocycles. The molecule has 0 radical (unpaired) electrons. The van der Waals surface area contributed by atoms with Gasteiger partial charge in [-0.2, -0.15) is 5.26 Å². The van der Waals surface area contributed by atoms with E-state index < -0.39 is 17.6 Å². The van der Waals surface area contributed by atoms with Gasteiger partial charge in [0.05, 0.1) is 6.07 Å². The number of rotatable bonds is 7. The molecule has 0 spiro atoms. The first-order valence-electron chi connectivity index (χ1n) is 7.36. The van der Waals surface area contributed by atoms with Crippen molar-refractivity contribution >= 4 is 22.5 Å². The van der Waals surface area contributed by atoms with Crippen LogP contribution < -0.4 is 5.32 Å². The van der Waals surface area contributed by atoms with E-state index in [0.717, 1.165) is 10.8 Å². The van der Waals surface area contributed by atoms with E-state index >= 15 is 0 Å². The third-order valence-corrected chi connectivity index (χ3v) is 3.51. The maximum Gasteiger partial charge on any atom is 0.245 e. The first-order chi connectivity index (χ1) is 11.2. The monoisotopic (exact) mass is 310 g/mol. The Bertz CT molecular complexity index is 749. The van der Waals surface area contributed by atoms with Crippen LogP contribution >= 0.6 is 0 Å². The van der Waals surface area contributed by atoms with E-state index in [-0.39, 0.29) is 0 Å². The molecule has 2 aromatic rings. The second kappa shape index (κ2) is 8.06. The summed E-state index contributed by atoms with van der Waals surface area (Å²) < 4.78 is 4.88. The number of fused-ring (bicyclic) bond motifs is 1. The lowest BCUT2D eigenvalue weighted by Crippen LogP contribution is -2.35. The predicted octanol–water partition coefficient (Wildman–Crippen LogP) is 2.31. The van der Waals surface area contributed by atoms with Gasteiger partial charge in [-0.25, -0.2) is 0 Å². The second-order valence-electron chi connectivity index (χ2n) is 5.13. The summed E-state index contributed by atoms with van der Waals surface area (Å²) in [7, 11) is 1.57. The standard InChI is InChI=1S/C18H18N2O3/c1-23-10-4-9-20-18(22)16(12-19)17(21)15-8-7-13-5-2-3-6-14(13)11-15/h2-3,5-8,11,16H,4,9-10H2,1H3,(H,20,22). The molecule has 2 aromatic carbocycles. The number of ether oxygens (including phenoxy) is 1. The van der Waals surface area contributed by atoms with Gasteiger partial charge in [0.2, 0.25) is 5.91 Å². The van der Waals surface area contributed by atoms with Crippen LogP contribution in [-0.4, -0.2) is 32.0 Å². The lowest BCUT2D eigenvalue weighted by atomic mass is 9.96. The number of nitrogens with zero attached hydrogens (tertiary/aromatic N) is 1. The molecule has 1 amide bonds. The summed E-state index contributed by atoms with van der Waals surface area (Å²) in [5.74, 6) is -2.39. The number of hydrogen-bond acceptors (Lipinski definition) is 4. The lowest BCUT2D eigenvalue weighted by Gasteiger charge is -2.10. The zero-order valence-corrected chi connectivity index (χ0v) is 12.9. The fourth-order valence-corrected chi connectivity index (χ4v) is 2.28. The Hall–Kier alpha value is -2.71. The van der Waals surface area contributed by atoms with Crippen molar-refractivity contribution in [2.45, 2.75) is 6.42 Å². The number of nitrogens with one attached hydrogen (secondary N) is 1. The van der Waals surface area contributed by atoms with Gasteiger partial charge in [-0.15, -0.1) is 0 Å². The third kappa shape index (κ3) is 4.15. The molecule has 0 aliphatic carbocycles. The van der Waals surface area contributed by atoms with E-state index in [1.807, 2.05) is 30.3 Å². The molecule has 1 N–H and O–H groups in total. The van der Waals surface area contributed by atoms with Crippen molar-refractivity contribution in [3.8, 4) is 6.07 Å². The Balaban J connectivity index is 2.11. The summed E-state index contributed by atoms with van der Waals surface area (Å²) >= 11 is 0. The van der Waals surface area contributed by atoms with Gasteiger partial charge in [0, 0.05) is 25.8 Å². The van der Waals surface area contributed by atoms with Crippen LogP contribution in [0.2, 0.25) is 0 Å². The van der Waals surface area contributed by atoms with Crippen LogP contribution in [0.4, 0.5) is 0 Å². The number of amides is 1. The zero-order valence-electron chi connectivity index (χ0n) is 12.9. The van der Waals surface area contributed by atoms with Crippen LogP contribution in [0.5, 0.6) is 0 Å². The van der Waals surface area contributed by atoms with E-state index in [0.29, 0.717) is 25.1 Å². The molecule has 23 heavy (non-hydrogen) atoms. The first-order valence-corrected chi connectivity index (χ1v) is 7.36. The van der Waals surface area contributed by atoms with Gasteiger partial charge < -0.3 is 10.1 Å². The molecule has 0 saturated carbocycles. The van der Waals surface area contributed by atoms with Crippen molar-refractivity contribution in [2.75, 3.05) is 20.3 Å². The van der Waals surface area contributed by atoms with E-state index in [4.69, 9.17) is 4.74 Å². The van der Waals surface area contributed by atoms with Crippen molar-refractivity contribution in [1.29, 1.82) is 5.26 Å². The summed E-state index contributed by atoms with van der Waals surface area (Å²) in [5.41, 5.74) is 0.363. The van der Waals surface area contributed by atoms with E-state index in [1.54, 1.807) is 25.3 Å². The van der Waals surface area contributed by atoms with Crippen molar-refractivity contribution in [3.05, 3.63) is 48.0 Å². The minimum Gasteiger partial charge on any atom is -0.385 e. The Morgan fingerprint density at radius 2 is 1.96 bits per heavy atom. The Kier molecular flexibility index (Phi) is 5.84. The highest BCUT2D eigenvalue weighted by atomic mass is 16.5. The fraction of sp³-hybridized carbons (Fsp3) is 0.278. The molecular formula is C18H18N2O3. The van der Waals surface area contributed by atoms with E-state index in [9.17, 15) is 14.9 Å². The first kappa shape index (κ1) is 16.7. The van der Waals surface area contributed by atoms with Gasteiger partial charge in [0.1, 0.15) is 0 Å². The second-order valence-corrected chi connectivity index (χ2v) is 5.13.